The molecule has 2 rings (SSSR count). The Bertz CT molecular complexity index is 597. The summed E-state index contributed by atoms with van der Waals surface area (Å²) in [5.41, 5.74) is 0.714. The van der Waals surface area contributed by atoms with E-state index >= 15 is 0 Å². The van der Waals surface area contributed by atoms with Gasteiger partial charge in [-0.15, -0.1) is 0 Å². The highest BCUT2D eigenvalue weighted by atomic mass is 28.4. The van der Waals surface area contributed by atoms with Gasteiger partial charge in [-0.3, -0.25) is 0 Å². The number of esters is 2. The Balaban J connectivity index is 2.55. The van der Waals surface area contributed by atoms with E-state index in [4.69, 9.17) is 18.3 Å². The minimum atomic E-state index is -1.92. The first kappa shape index (κ1) is 19.8. The number of fused-ring (bicyclic) bond motifs is 2. The summed E-state index contributed by atoms with van der Waals surface area (Å²) in [6.45, 7) is 12.5. The van der Waals surface area contributed by atoms with Gasteiger partial charge in [-0.2, -0.15) is 0 Å². The Morgan fingerprint density at radius 2 is 1.08 bits per heavy atom. The Morgan fingerprint density at radius 1 is 0.760 bits per heavy atom. The van der Waals surface area contributed by atoms with E-state index in [1.165, 1.54) is 14.2 Å². The molecule has 2 aliphatic carbocycles. The minimum absolute atomic E-state index is 0.301. The first-order valence-electron chi connectivity index (χ1n) is 8.42. The van der Waals surface area contributed by atoms with Crippen LogP contribution in [0.25, 0.3) is 0 Å². The van der Waals surface area contributed by atoms with Gasteiger partial charge >= 0.3 is 11.9 Å². The number of hydrogen-bond donors (Lipinski definition) is 0. The van der Waals surface area contributed by atoms with Gasteiger partial charge in [0, 0.05) is 0 Å². The molecule has 140 valence electrons. The van der Waals surface area contributed by atoms with Gasteiger partial charge in [0.2, 0.25) is 16.6 Å². The quantitative estimate of drug-likeness (QED) is 0.517. The van der Waals surface area contributed by atoms with Crippen molar-refractivity contribution in [2.75, 3.05) is 14.2 Å². The van der Waals surface area contributed by atoms with Crippen LogP contribution >= 0.6 is 0 Å². The third-order valence-electron chi connectivity index (χ3n) is 3.98. The molecule has 0 saturated heterocycles. The van der Waals surface area contributed by atoms with Crippen LogP contribution in [0.1, 0.15) is 6.42 Å². The van der Waals surface area contributed by atoms with Crippen molar-refractivity contribution >= 4 is 28.6 Å². The lowest BCUT2D eigenvalue weighted by Crippen LogP contribution is -2.33. The minimum Gasteiger partial charge on any atom is -0.545 e. The summed E-state index contributed by atoms with van der Waals surface area (Å²) in [5, 5.41) is 0. The van der Waals surface area contributed by atoms with Crippen LogP contribution in [0.15, 0.2) is 22.7 Å². The molecule has 2 unspecified atom stereocenters. The number of carbonyl (C=O) groups is 2. The van der Waals surface area contributed by atoms with Crippen LogP contribution < -0.4 is 0 Å². The monoisotopic (exact) mass is 384 g/mol. The topological polar surface area (TPSA) is 71.1 Å². The van der Waals surface area contributed by atoms with Crippen molar-refractivity contribution in [3.8, 4) is 0 Å². The highest BCUT2D eigenvalue weighted by molar-refractivity contribution is 6.70. The third-order valence-corrected chi connectivity index (χ3v) is 5.64. The van der Waals surface area contributed by atoms with Crippen molar-refractivity contribution in [2.45, 2.75) is 45.7 Å². The Labute approximate surface area is 151 Å². The summed E-state index contributed by atoms with van der Waals surface area (Å²) >= 11 is 0. The number of hydrogen-bond acceptors (Lipinski definition) is 6. The van der Waals surface area contributed by atoms with Crippen LogP contribution in [0.4, 0.5) is 0 Å². The van der Waals surface area contributed by atoms with Crippen LogP contribution in [-0.2, 0) is 27.9 Å². The number of rotatable bonds is 6. The van der Waals surface area contributed by atoms with Gasteiger partial charge in [0.15, 0.2) is 0 Å². The first-order valence-corrected chi connectivity index (χ1v) is 15.2. The van der Waals surface area contributed by atoms with E-state index in [0.717, 1.165) is 0 Å². The molecule has 8 heteroatoms. The molecule has 0 aromatic carbocycles. The Kier molecular flexibility index (Phi) is 5.25. The lowest BCUT2D eigenvalue weighted by Gasteiger charge is -2.31. The highest BCUT2D eigenvalue weighted by Gasteiger charge is 2.54. The lowest BCUT2D eigenvalue weighted by atomic mass is 9.94. The van der Waals surface area contributed by atoms with E-state index in [0.29, 0.717) is 29.1 Å². The SMILES string of the molecule is COC(=O)C1=C(C(=O)OC)C2CC1C(O[Si](C)(C)C)=C2O[Si](C)(C)C. The molecule has 0 amide bonds. The zero-order valence-corrected chi connectivity index (χ0v) is 18.3. The molecule has 0 aliphatic heterocycles. The van der Waals surface area contributed by atoms with Crippen LogP contribution in [0.2, 0.25) is 39.3 Å². The summed E-state index contributed by atoms with van der Waals surface area (Å²) in [7, 11) is -1.21. The summed E-state index contributed by atoms with van der Waals surface area (Å²) in [6.07, 6.45) is 0.592. The molecule has 6 nitrogen and oxygen atoms in total. The van der Waals surface area contributed by atoms with E-state index in [9.17, 15) is 9.59 Å². The molecule has 2 bridgehead atoms. The Morgan fingerprint density at radius 3 is 1.32 bits per heavy atom. The molecule has 0 heterocycles. The van der Waals surface area contributed by atoms with E-state index in [1.54, 1.807) is 0 Å². The summed E-state index contributed by atoms with van der Waals surface area (Å²) < 4.78 is 22.4. The molecule has 0 aromatic rings. The van der Waals surface area contributed by atoms with E-state index in [1.807, 2.05) is 0 Å². The van der Waals surface area contributed by atoms with Crippen molar-refractivity contribution in [3.05, 3.63) is 22.7 Å². The van der Waals surface area contributed by atoms with Gasteiger partial charge in [-0.25, -0.2) is 9.59 Å². The maximum atomic E-state index is 12.4. The van der Waals surface area contributed by atoms with Gasteiger partial charge in [-0.1, -0.05) is 0 Å². The largest absolute Gasteiger partial charge is 0.545 e. The molecule has 0 spiro atoms. The van der Waals surface area contributed by atoms with E-state index in [2.05, 4.69) is 39.3 Å². The first-order chi connectivity index (χ1) is 11.4. The molecule has 0 saturated carbocycles. The fourth-order valence-corrected chi connectivity index (χ4v) is 5.10. The molecule has 0 aromatic heterocycles. The molecule has 2 atom stereocenters. The zero-order valence-electron chi connectivity index (χ0n) is 16.3. The molecular weight excluding hydrogens is 356 g/mol. The Hall–Kier alpha value is -1.55. The predicted octanol–water partition coefficient (Wildman–Crippen LogP) is 3.19. The van der Waals surface area contributed by atoms with Gasteiger partial charge in [-0.05, 0) is 45.7 Å². The number of allylic oxidation sites excluding steroid dienone is 2. The fraction of sp³-hybridized carbons (Fsp3) is 0.647. The molecule has 0 N–H and O–H groups in total. The van der Waals surface area contributed by atoms with Crippen LogP contribution in [0.5, 0.6) is 0 Å². The lowest BCUT2D eigenvalue weighted by molar-refractivity contribution is -0.139. The average molecular weight is 385 g/mol. The van der Waals surface area contributed by atoms with Gasteiger partial charge in [0.25, 0.3) is 0 Å². The zero-order chi connectivity index (χ0) is 19.2. The number of carbonyl (C=O) groups excluding carboxylic acids is 2. The van der Waals surface area contributed by atoms with Crippen molar-refractivity contribution in [1.82, 2.24) is 0 Å². The molecular formula is C17H28O6Si2. The average Bonchev–Trinajstić information content (AvgIpc) is 2.99. The smallest absolute Gasteiger partial charge is 0.335 e. The van der Waals surface area contributed by atoms with Gasteiger partial charge in [0.1, 0.15) is 11.5 Å². The van der Waals surface area contributed by atoms with Crippen LogP contribution in [0, 0.1) is 11.8 Å². The van der Waals surface area contributed by atoms with E-state index < -0.39 is 28.6 Å². The van der Waals surface area contributed by atoms with Crippen molar-refractivity contribution < 1.29 is 27.9 Å². The summed E-state index contributed by atoms with van der Waals surface area (Å²) in [6, 6.07) is 0. The second-order valence-electron chi connectivity index (χ2n) is 8.31. The van der Waals surface area contributed by atoms with Gasteiger partial charge in [0.05, 0.1) is 37.2 Å². The van der Waals surface area contributed by atoms with Crippen molar-refractivity contribution in [2.24, 2.45) is 11.8 Å². The number of methoxy groups -OCH3 is 2. The molecule has 0 fully saturated rings. The fourth-order valence-electron chi connectivity index (χ4n) is 3.29. The maximum absolute atomic E-state index is 12.4. The second-order valence-corrected chi connectivity index (χ2v) is 17.2. The maximum Gasteiger partial charge on any atom is 0.335 e. The van der Waals surface area contributed by atoms with Crippen molar-refractivity contribution in [3.63, 3.8) is 0 Å². The van der Waals surface area contributed by atoms with Crippen molar-refractivity contribution in [1.29, 1.82) is 0 Å². The van der Waals surface area contributed by atoms with Crippen LogP contribution in [0.3, 0.4) is 0 Å². The summed E-state index contributed by atoms with van der Waals surface area (Å²) in [5.74, 6) is -0.193. The predicted molar refractivity (Wildman–Crippen MR) is 98.5 cm³/mol. The third kappa shape index (κ3) is 4.00. The summed E-state index contributed by atoms with van der Waals surface area (Å²) in [4.78, 5) is 24.7. The normalized spacial score (nSPS) is 23.0. The van der Waals surface area contributed by atoms with Gasteiger partial charge < -0.3 is 18.3 Å². The standard InChI is InChI=1S/C17H28O6Si2/c1-20-16(18)12-10-9-11(13(12)17(19)21-2)15(23-25(6,7)8)14(10)22-24(3,4)5/h10-11H,9H2,1-8H3. The second kappa shape index (κ2) is 6.64. The van der Waals surface area contributed by atoms with E-state index in [-0.39, 0.29) is 11.8 Å². The molecule has 2 aliphatic rings. The number of ether oxygens (including phenoxy) is 2. The van der Waals surface area contributed by atoms with Crippen LogP contribution in [-0.4, -0.2) is 42.8 Å². The highest BCUT2D eigenvalue weighted by Crippen LogP contribution is 2.54. The molecule has 25 heavy (non-hydrogen) atoms. The molecule has 0 radical (unpaired) electrons.